The van der Waals surface area contributed by atoms with E-state index >= 15 is 0 Å². The summed E-state index contributed by atoms with van der Waals surface area (Å²) in [6.45, 7) is 4.13. The molecule has 2 aromatic rings. The summed E-state index contributed by atoms with van der Waals surface area (Å²) in [5.74, 6) is -0.0423. The Kier molecular flexibility index (Phi) is 5.45. The molecule has 0 unspecified atom stereocenters. The highest BCUT2D eigenvalue weighted by Gasteiger charge is 2.21. The third-order valence-corrected chi connectivity index (χ3v) is 6.14. The molecule has 4 rings (SSSR count). The van der Waals surface area contributed by atoms with Gasteiger partial charge in [0.2, 0.25) is 5.91 Å². The Bertz CT molecular complexity index is 1040. The number of nitrogens with zero attached hydrogens (tertiary/aromatic N) is 4. The molecule has 2 fully saturated rings. The molecule has 0 bridgehead atoms. The second-order valence-corrected chi connectivity index (χ2v) is 8.17. The van der Waals surface area contributed by atoms with E-state index in [9.17, 15) is 14.4 Å². The number of benzene rings is 1. The van der Waals surface area contributed by atoms with Gasteiger partial charge in [-0.25, -0.2) is 0 Å². The summed E-state index contributed by atoms with van der Waals surface area (Å²) in [5.41, 5.74) is 1.83. The Labute approximate surface area is 169 Å². The predicted molar refractivity (Wildman–Crippen MR) is 115 cm³/mol. The van der Waals surface area contributed by atoms with Gasteiger partial charge in [0.1, 0.15) is 0 Å². The first-order chi connectivity index (χ1) is 14.0. The standard InChI is InChI=1S/C21H29N5O3/c1-23-17-12-15(22-19(27)14-25-8-6-7-9-25)16(26-10-4-3-5-11-26)13-18(17)24(2)21(29)20(23)28/h12-13H,3-11,14H2,1-2H3,(H,22,27). The first-order valence-electron chi connectivity index (χ1n) is 10.5. The van der Waals surface area contributed by atoms with Crippen molar-refractivity contribution in [3.8, 4) is 0 Å². The maximum Gasteiger partial charge on any atom is 0.316 e. The number of aryl methyl sites for hydroxylation is 2. The Morgan fingerprint density at radius 3 is 2.03 bits per heavy atom. The molecule has 1 aromatic heterocycles. The van der Waals surface area contributed by atoms with Crippen LogP contribution in [0.3, 0.4) is 0 Å². The first-order valence-corrected chi connectivity index (χ1v) is 10.5. The third-order valence-electron chi connectivity index (χ3n) is 6.14. The molecule has 0 radical (unpaired) electrons. The van der Waals surface area contributed by atoms with Gasteiger partial charge in [-0.05, 0) is 57.3 Å². The number of piperidine rings is 1. The van der Waals surface area contributed by atoms with Crippen LogP contribution in [-0.4, -0.2) is 52.7 Å². The summed E-state index contributed by atoms with van der Waals surface area (Å²) >= 11 is 0. The molecule has 2 aliphatic heterocycles. The molecular weight excluding hydrogens is 370 g/mol. The Morgan fingerprint density at radius 2 is 1.41 bits per heavy atom. The number of nitrogens with one attached hydrogen (secondary N) is 1. The lowest BCUT2D eigenvalue weighted by atomic mass is 10.1. The topological polar surface area (TPSA) is 79.6 Å². The van der Waals surface area contributed by atoms with Crippen molar-refractivity contribution in [1.29, 1.82) is 0 Å². The van der Waals surface area contributed by atoms with Gasteiger partial charge in [0.15, 0.2) is 0 Å². The van der Waals surface area contributed by atoms with Gasteiger partial charge < -0.3 is 19.4 Å². The second-order valence-electron chi connectivity index (χ2n) is 8.17. The molecular formula is C21H29N5O3. The fourth-order valence-electron chi connectivity index (χ4n) is 4.44. The van der Waals surface area contributed by atoms with Crippen molar-refractivity contribution in [3.05, 3.63) is 32.8 Å². The quantitative estimate of drug-likeness (QED) is 0.783. The van der Waals surface area contributed by atoms with Gasteiger partial charge in [0.05, 0.1) is 29.0 Å². The van der Waals surface area contributed by atoms with Crippen LogP contribution in [0, 0.1) is 0 Å². The SMILES string of the molecule is Cn1c(=O)c(=O)n(C)c2cc(N3CCCCC3)c(NC(=O)CN3CCCC3)cc21. The van der Waals surface area contributed by atoms with Crippen molar-refractivity contribution >= 4 is 28.3 Å². The highest BCUT2D eigenvalue weighted by atomic mass is 16.2. The largest absolute Gasteiger partial charge is 0.370 e. The van der Waals surface area contributed by atoms with Crippen LogP contribution < -0.4 is 21.3 Å². The summed E-state index contributed by atoms with van der Waals surface area (Å²) < 4.78 is 2.77. The van der Waals surface area contributed by atoms with Crippen LogP contribution in [-0.2, 0) is 18.9 Å². The van der Waals surface area contributed by atoms with Crippen molar-refractivity contribution in [2.45, 2.75) is 32.1 Å². The third kappa shape index (κ3) is 3.81. The van der Waals surface area contributed by atoms with Crippen molar-refractivity contribution in [2.24, 2.45) is 14.1 Å². The van der Waals surface area contributed by atoms with Crippen molar-refractivity contribution in [2.75, 3.05) is 42.9 Å². The number of rotatable bonds is 4. The van der Waals surface area contributed by atoms with Crippen LogP contribution in [0.1, 0.15) is 32.1 Å². The second kappa shape index (κ2) is 8.02. The molecule has 156 valence electrons. The van der Waals surface area contributed by atoms with Gasteiger partial charge in [-0.2, -0.15) is 0 Å². The maximum atomic E-state index is 12.7. The van der Waals surface area contributed by atoms with E-state index in [0.29, 0.717) is 23.3 Å². The van der Waals surface area contributed by atoms with Crippen LogP contribution in [0.2, 0.25) is 0 Å². The van der Waals surface area contributed by atoms with E-state index in [1.165, 1.54) is 15.6 Å². The molecule has 1 aromatic carbocycles. The van der Waals surface area contributed by atoms with Crippen LogP contribution in [0.25, 0.3) is 11.0 Å². The average molecular weight is 399 g/mol. The Hall–Kier alpha value is -2.61. The summed E-state index contributed by atoms with van der Waals surface area (Å²) in [4.78, 5) is 41.7. The normalized spacial score (nSPS) is 17.8. The van der Waals surface area contributed by atoms with Gasteiger partial charge in [-0.15, -0.1) is 0 Å². The summed E-state index contributed by atoms with van der Waals surface area (Å²) in [6.07, 6.45) is 5.68. The number of carbonyl (C=O) groups excluding carboxylic acids is 1. The number of fused-ring (bicyclic) bond motifs is 1. The van der Waals surface area contributed by atoms with Crippen LogP contribution in [0.4, 0.5) is 11.4 Å². The Morgan fingerprint density at radius 1 is 0.862 bits per heavy atom. The number of anilines is 2. The van der Waals surface area contributed by atoms with E-state index in [-0.39, 0.29) is 5.91 Å². The molecule has 1 amide bonds. The minimum atomic E-state index is -0.569. The molecule has 1 N–H and O–H groups in total. The lowest BCUT2D eigenvalue weighted by Gasteiger charge is -2.31. The van der Waals surface area contributed by atoms with Gasteiger partial charge >= 0.3 is 11.1 Å². The fraction of sp³-hybridized carbons (Fsp3) is 0.571. The highest BCUT2D eigenvalue weighted by molar-refractivity contribution is 5.99. The van der Waals surface area contributed by atoms with E-state index in [1.807, 2.05) is 12.1 Å². The van der Waals surface area contributed by atoms with Gasteiger partial charge in [0.25, 0.3) is 0 Å². The average Bonchev–Trinajstić information content (AvgIpc) is 3.24. The van der Waals surface area contributed by atoms with Gasteiger partial charge in [0, 0.05) is 27.2 Å². The minimum absolute atomic E-state index is 0.0423. The number of hydrogen-bond donors (Lipinski definition) is 1. The monoisotopic (exact) mass is 399 g/mol. The van der Waals surface area contributed by atoms with Crippen molar-refractivity contribution < 1.29 is 4.79 Å². The van der Waals surface area contributed by atoms with E-state index < -0.39 is 11.1 Å². The number of likely N-dealkylation sites (tertiary alicyclic amines) is 1. The molecule has 3 heterocycles. The molecule has 8 nitrogen and oxygen atoms in total. The summed E-state index contributed by atoms with van der Waals surface area (Å²) in [5, 5.41) is 3.08. The van der Waals surface area contributed by atoms with Gasteiger partial charge in [-0.1, -0.05) is 0 Å². The molecule has 0 aliphatic carbocycles. The number of amides is 1. The molecule has 0 atom stereocenters. The Balaban J connectivity index is 1.78. The molecule has 2 aliphatic rings. The zero-order valence-electron chi connectivity index (χ0n) is 17.2. The predicted octanol–water partition coefficient (Wildman–Crippen LogP) is 1.26. The smallest absolute Gasteiger partial charge is 0.316 e. The number of carbonyl (C=O) groups is 1. The minimum Gasteiger partial charge on any atom is -0.370 e. The van der Waals surface area contributed by atoms with E-state index in [4.69, 9.17) is 0 Å². The zero-order valence-corrected chi connectivity index (χ0v) is 17.2. The molecule has 29 heavy (non-hydrogen) atoms. The lowest BCUT2D eigenvalue weighted by molar-refractivity contribution is -0.117. The zero-order chi connectivity index (χ0) is 20.5. The molecule has 0 saturated carbocycles. The van der Waals surface area contributed by atoms with Crippen LogP contribution >= 0.6 is 0 Å². The summed E-state index contributed by atoms with van der Waals surface area (Å²) in [6, 6.07) is 3.77. The molecule has 8 heteroatoms. The van der Waals surface area contributed by atoms with E-state index in [2.05, 4.69) is 15.1 Å². The lowest BCUT2D eigenvalue weighted by Crippen LogP contribution is -2.39. The van der Waals surface area contributed by atoms with E-state index in [0.717, 1.165) is 57.5 Å². The first kappa shape index (κ1) is 19.7. The number of aromatic nitrogens is 2. The maximum absolute atomic E-state index is 12.7. The molecule has 0 spiro atoms. The van der Waals surface area contributed by atoms with Crippen LogP contribution in [0.15, 0.2) is 21.7 Å². The fourth-order valence-corrected chi connectivity index (χ4v) is 4.44. The summed E-state index contributed by atoms with van der Waals surface area (Å²) in [7, 11) is 3.22. The highest BCUT2D eigenvalue weighted by Crippen LogP contribution is 2.32. The van der Waals surface area contributed by atoms with Crippen molar-refractivity contribution in [1.82, 2.24) is 14.0 Å². The van der Waals surface area contributed by atoms with Crippen LogP contribution in [0.5, 0.6) is 0 Å². The van der Waals surface area contributed by atoms with Crippen molar-refractivity contribution in [3.63, 3.8) is 0 Å². The van der Waals surface area contributed by atoms with E-state index in [1.54, 1.807) is 14.1 Å². The van der Waals surface area contributed by atoms with Gasteiger partial charge in [-0.3, -0.25) is 19.3 Å². The number of hydrogen-bond acceptors (Lipinski definition) is 5. The molecule has 2 saturated heterocycles.